The minimum Gasteiger partial charge on any atom is -0.337 e. The first-order chi connectivity index (χ1) is 10.6. The summed E-state index contributed by atoms with van der Waals surface area (Å²) < 4.78 is 2.91. The van der Waals surface area contributed by atoms with Gasteiger partial charge >= 0.3 is 0 Å². The Bertz CT molecular complexity index is 699. The standard InChI is InChI=1S/C17H22BrN3O/c1-3-14-15(17(22)20-8-6-4-5-7-9-20)21-11-12(2)10-13(18)16(21)19-14/h10-11H,3-9H2,1-2H3. The highest BCUT2D eigenvalue weighted by Gasteiger charge is 2.25. The summed E-state index contributed by atoms with van der Waals surface area (Å²) in [7, 11) is 0. The third-order valence-electron chi connectivity index (χ3n) is 4.31. The second-order valence-corrected chi connectivity index (χ2v) is 6.88. The number of pyridine rings is 1. The number of fused-ring (bicyclic) bond motifs is 1. The van der Waals surface area contributed by atoms with E-state index in [-0.39, 0.29) is 5.91 Å². The van der Waals surface area contributed by atoms with Crippen LogP contribution < -0.4 is 0 Å². The summed E-state index contributed by atoms with van der Waals surface area (Å²) in [6.45, 7) is 5.82. The number of hydrogen-bond acceptors (Lipinski definition) is 2. The van der Waals surface area contributed by atoms with Crippen molar-refractivity contribution in [1.82, 2.24) is 14.3 Å². The van der Waals surface area contributed by atoms with E-state index in [0.29, 0.717) is 0 Å². The Hall–Kier alpha value is -1.36. The number of amides is 1. The van der Waals surface area contributed by atoms with Crippen molar-refractivity contribution in [2.45, 2.75) is 46.0 Å². The molecule has 0 radical (unpaired) electrons. The van der Waals surface area contributed by atoms with E-state index in [1.807, 2.05) is 28.5 Å². The van der Waals surface area contributed by atoms with Gasteiger partial charge in [0.1, 0.15) is 5.69 Å². The first-order valence-electron chi connectivity index (χ1n) is 8.08. The summed E-state index contributed by atoms with van der Waals surface area (Å²) in [5.41, 5.74) is 3.58. The lowest BCUT2D eigenvalue weighted by atomic mass is 10.2. The smallest absolute Gasteiger partial charge is 0.272 e. The van der Waals surface area contributed by atoms with Crippen LogP contribution in [0, 0.1) is 6.92 Å². The Morgan fingerprint density at radius 3 is 2.59 bits per heavy atom. The van der Waals surface area contributed by atoms with Crippen LogP contribution in [0.25, 0.3) is 5.65 Å². The number of imidazole rings is 1. The lowest BCUT2D eigenvalue weighted by molar-refractivity contribution is 0.0753. The van der Waals surface area contributed by atoms with Crippen LogP contribution in [0.15, 0.2) is 16.7 Å². The number of nitrogens with zero attached hydrogens (tertiary/aromatic N) is 3. The van der Waals surface area contributed by atoms with Gasteiger partial charge in [0.05, 0.1) is 10.2 Å². The number of aryl methyl sites for hydroxylation is 2. The Kier molecular flexibility index (Phi) is 4.52. The van der Waals surface area contributed by atoms with E-state index < -0.39 is 0 Å². The zero-order valence-electron chi connectivity index (χ0n) is 13.2. The van der Waals surface area contributed by atoms with Crippen molar-refractivity contribution >= 4 is 27.5 Å². The molecule has 1 amide bonds. The Labute approximate surface area is 139 Å². The van der Waals surface area contributed by atoms with Gasteiger partial charge in [0.15, 0.2) is 5.65 Å². The molecule has 3 rings (SSSR count). The number of aromatic nitrogens is 2. The van der Waals surface area contributed by atoms with Crippen LogP contribution >= 0.6 is 15.9 Å². The molecule has 2 aromatic rings. The van der Waals surface area contributed by atoms with Gasteiger partial charge < -0.3 is 4.90 Å². The predicted molar refractivity (Wildman–Crippen MR) is 91.4 cm³/mol. The van der Waals surface area contributed by atoms with Crippen molar-refractivity contribution in [3.8, 4) is 0 Å². The van der Waals surface area contributed by atoms with E-state index in [9.17, 15) is 4.79 Å². The molecule has 1 saturated heterocycles. The molecule has 0 saturated carbocycles. The normalized spacial score (nSPS) is 16.0. The molecule has 1 fully saturated rings. The monoisotopic (exact) mass is 363 g/mol. The Balaban J connectivity index is 2.09. The maximum Gasteiger partial charge on any atom is 0.272 e. The summed E-state index contributed by atoms with van der Waals surface area (Å²) >= 11 is 3.57. The maximum atomic E-state index is 13.1. The van der Waals surface area contributed by atoms with Crippen molar-refractivity contribution in [3.63, 3.8) is 0 Å². The van der Waals surface area contributed by atoms with Gasteiger partial charge in [-0.2, -0.15) is 0 Å². The maximum absolute atomic E-state index is 13.1. The summed E-state index contributed by atoms with van der Waals surface area (Å²) in [4.78, 5) is 19.8. The van der Waals surface area contributed by atoms with Crippen molar-refractivity contribution in [2.75, 3.05) is 13.1 Å². The van der Waals surface area contributed by atoms with E-state index in [1.54, 1.807) is 0 Å². The fourth-order valence-corrected chi connectivity index (χ4v) is 3.82. The molecule has 0 bridgehead atoms. The molecule has 1 aliphatic heterocycles. The largest absolute Gasteiger partial charge is 0.337 e. The minimum absolute atomic E-state index is 0.128. The van der Waals surface area contributed by atoms with Crippen molar-refractivity contribution in [3.05, 3.63) is 33.7 Å². The molecular formula is C17H22BrN3O. The predicted octanol–water partition coefficient (Wildman–Crippen LogP) is 3.98. The minimum atomic E-state index is 0.128. The van der Waals surface area contributed by atoms with Gasteiger partial charge in [0.2, 0.25) is 0 Å². The first-order valence-corrected chi connectivity index (χ1v) is 8.87. The average molecular weight is 364 g/mol. The lowest BCUT2D eigenvalue weighted by Crippen LogP contribution is -2.33. The average Bonchev–Trinajstić information content (AvgIpc) is 2.68. The van der Waals surface area contributed by atoms with Crippen LogP contribution in [0.4, 0.5) is 0 Å². The third kappa shape index (κ3) is 2.78. The molecule has 1 aliphatic rings. The molecule has 5 heteroatoms. The van der Waals surface area contributed by atoms with Crippen molar-refractivity contribution in [2.24, 2.45) is 0 Å². The van der Waals surface area contributed by atoms with E-state index in [1.165, 1.54) is 12.8 Å². The number of halogens is 1. The zero-order valence-corrected chi connectivity index (χ0v) is 14.8. The van der Waals surface area contributed by atoms with Crippen LogP contribution in [0.1, 0.15) is 54.4 Å². The second-order valence-electron chi connectivity index (χ2n) is 6.03. The van der Waals surface area contributed by atoms with Gasteiger partial charge in [-0.1, -0.05) is 19.8 Å². The lowest BCUT2D eigenvalue weighted by Gasteiger charge is -2.20. The summed E-state index contributed by atoms with van der Waals surface area (Å²) in [6.07, 6.45) is 7.43. The Morgan fingerprint density at radius 1 is 1.27 bits per heavy atom. The van der Waals surface area contributed by atoms with E-state index >= 15 is 0 Å². The molecule has 4 nitrogen and oxygen atoms in total. The highest BCUT2D eigenvalue weighted by atomic mass is 79.9. The molecule has 3 heterocycles. The molecule has 118 valence electrons. The van der Waals surface area contributed by atoms with Crippen LogP contribution in [-0.4, -0.2) is 33.3 Å². The van der Waals surface area contributed by atoms with Gasteiger partial charge in [-0.15, -0.1) is 0 Å². The third-order valence-corrected chi connectivity index (χ3v) is 4.90. The fourth-order valence-electron chi connectivity index (χ4n) is 3.18. The molecule has 22 heavy (non-hydrogen) atoms. The van der Waals surface area contributed by atoms with Gasteiger partial charge in [0.25, 0.3) is 5.91 Å². The highest BCUT2D eigenvalue weighted by Crippen LogP contribution is 2.24. The van der Waals surface area contributed by atoms with Crippen LogP contribution in [0.2, 0.25) is 0 Å². The topological polar surface area (TPSA) is 37.6 Å². The van der Waals surface area contributed by atoms with Gasteiger partial charge in [-0.05, 0) is 53.7 Å². The molecule has 0 aromatic carbocycles. The number of carbonyl (C=O) groups excluding carboxylic acids is 1. The van der Waals surface area contributed by atoms with Gasteiger partial charge in [-0.25, -0.2) is 4.98 Å². The highest BCUT2D eigenvalue weighted by molar-refractivity contribution is 9.10. The van der Waals surface area contributed by atoms with Crippen molar-refractivity contribution < 1.29 is 4.79 Å². The van der Waals surface area contributed by atoms with Crippen LogP contribution in [0.3, 0.4) is 0 Å². The van der Waals surface area contributed by atoms with E-state index in [2.05, 4.69) is 27.8 Å². The summed E-state index contributed by atoms with van der Waals surface area (Å²) in [5.74, 6) is 0.128. The molecular weight excluding hydrogens is 342 g/mol. The van der Waals surface area contributed by atoms with Gasteiger partial charge in [0, 0.05) is 19.3 Å². The zero-order chi connectivity index (χ0) is 15.7. The fraction of sp³-hybridized carbons (Fsp3) is 0.529. The first kappa shape index (κ1) is 15.5. The molecule has 0 N–H and O–H groups in total. The molecule has 0 spiro atoms. The summed E-state index contributed by atoms with van der Waals surface area (Å²) in [6, 6.07) is 2.04. The number of rotatable bonds is 2. The molecule has 2 aromatic heterocycles. The molecule has 0 aliphatic carbocycles. The summed E-state index contributed by atoms with van der Waals surface area (Å²) in [5, 5.41) is 0. The Morgan fingerprint density at radius 2 is 1.95 bits per heavy atom. The number of hydrogen-bond donors (Lipinski definition) is 0. The second kappa shape index (κ2) is 6.41. The number of carbonyl (C=O) groups is 1. The van der Waals surface area contributed by atoms with Crippen LogP contribution in [0.5, 0.6) is 0 Å². The SMILES string of the molecule is CCc1nc2c(Br)cc(C)cn2c1C(=O)N1CCCCCC1. The molecule has 0 atom stereocenters. The van der Waals surface area contributed by atoms with Crippen molar-refractivity contribution in [1.29, 1.82) is 0 Å². The quantitative estimate of drug-likeness (QED) is 0.808. The van der Waals surface area contributed by atoms with Gasteiger partial charge in [-0.3, -0.25) is 9.20 Å². The molecule has 0 unspecified atom stereocenters. The van der Waals surface area contributed by atoms with Crippen LogP contribution in [-0.2, 0) is 6.42 Å². The van der Waals surface area contributed by atoms with E-state index in [4.69, 9.17) is 0 Å². The number of likely N-dealkylation sites (tertiary alicyclic amines) is 1. The van der Waals surface area contributed by atoms with E-state index in [0.717, 1.165) is 59.4 Å².